The molecule has 1 atom stereocenters. The second kappa shape index (κ2) is 3.94. The van der Waals surface area contributed by atoms with Crippen molar-refractivity contribution in [2.75, 3.05) is 0 Å². The summed E-state index contributed by atoms with van der Waals surface area (Å²) < 4.78 is 25.6. The van der Waals surface area contributed by atoms with E-state index in [-0.39, 0.29) is 0 Å². The van der Waals surface area contributed by atoms with Crippen LogP contribution in [0.2, 0.25) is 0 Å². The minimum Gasteiger partial charge on any atom is -0.297 e. The zero-order valence-corrected chi connectivity index (χ0v) is 10.3. The monoisotopic (exact) mass is 227 g/mol. The fraction of sp³-hybridized carbons (Fsp3) is 0.455. The van der Waals surface area contributed by atoms with Crippen LogP contribution in [0.3, 0.4) is 0 Å². The normalized spacial score (nSPS) is 15.8. The smallest absolute Gasteiger partial charge is 0.191 e. The van der Waals surface area contributed by atoms with Gasteiger partial charge in [-0.05, 0) is 39.8 Å². The standard InChI is InChI=1S/C11H17NO2S/c1-9-5-7-10(8-6-9)15(13,14)12-11(2,3)4/h5-8H,1-4H3,(H,12,13,14). The van der Waals surface area contributed by atoms with Crippen molar-refractivity contribution >= 4 is 10.0 Å². The Hall–Kier alpha value is -0.870. The summed E-state index contributed by atoms with van der Waals surface area (Å²) in [4.78, 5) is 0.364. The van der Waals surface area contributed by atoms with E-state index in [0.717, 1.165) is 5.56 Å². The maximum Gasteiger partial charge on any atom is 0.191 e. The lowest BCUT2D eigenvalue weighted by molar-refractivity contribution is 0.520. The van der Waals surface area contributed by atoms with Gasteiger partial charge >= 0.3 is 0 Å². The highest BCUT2D eigenvalue weighted by atomic mass is 32.2. The van der Waals surface area contributed by atoms with Crippen LogP contribution in [0.5, 0.6) is 0 Å². The Kier molecular flexibility index (Phi) is 3.21. The molecule has 1 unspecified atom stereocenters. The van der Waals surface area contributed by atoms with Crippen molar-refractivity contribution in [2.24, 2.45) is 4.36 Å². The summed E-state index contributed by atoms with van der Waals surface area (Å²) in [5.41, 5.74) is 0.543. The zero-order valence-electron chi connectivity index (χ0n) is 9.52. The average Bonchev–Trinajstić information content (AvgIpc) is 2.00. The van der Waals surface area contributed by atoms with Gasteiger partial charge in [0.15, 0.2) is 10.0 Å². The lowest BCUT2D eigenvalue weighted by Crippen LogP contribution is -2.14. The number of nitrogens with zero attached hydrogens (tertiary/aromatic N) is 1. The molecule has 0 radical (unpaired) electrons. The summed E-state index contributed by atoms with van der Waals surface area (Å²) in [7, 11) is -3.26. The van der Waals surface area contributed by atoms with Crippen LogP contribution in [-0.4, -0.2) is 14.3 Å². The Morgan fingerprint density at radius 1 is 1.20 bits per heavy atom. The van der Waals surface area contributed by atoms with Crippen LogP contribution in [0.15, 0.2) is 33.5 Å². The van der Waals surface area contributed by atoms with Crippen molar-refractivity contribution in [3.63, 3.8) is 0 Å². The summed E-state index contributed by atoms with van der Waals surface area (Å²) in [5, 5.41) is 0. The molecule has 1 aromatic carbocycles. The Morgan fingerprint density at radius 3 is 2.07 bits per heavy atom. The molecule has 0 saturated carbocycles. The Labute approximate surface area is 91.5 Å². The molecule has 0 aliphatic carbocycles. The highest BCUT2D eigenvalue weighted by Crippen LogP contribution is 2.17. The van der Waals surface area contributed by atoms with Crippen LogP contribution in [0.1, 0.15) is 26.3 Å². The fourth-order valence-electron chi connectivity index (χ4n) is 1.14. The molecule has 0 aromatic heterocycles. The van der Waals surface area contributed by atoms with E-state index >= 15 is 0 Å². The third-order valence-corrected chi connectivity index (χ3v) is 3.41. The summed E-state index contributed by atoms with van der Waals surface area (Å²) in [6.45, 7) is 7.34. The van der Waals surface area contributed by atoms with Crippen molar-refractivity contribution in [1.29, 1.82) is 0 Å². The lowest BCUT2D eigenvalue weighted by atomic mass is 10.1. The van der Waals surface area contributed by atoms with Crippen LogP contribution in [-0.2, 0) is 10.0 Å². The summed E-state index contributed by atoms with van der Waals surface area (Å²) in [5.74, 6) is 0. The van der Waals surface area contributed by atoms with Gasteiger partial charge in [0, 0.05) is 0 Å². The average molecular weight is 227 g/mol. The molecule has 4 heteroatoms. The van der Waals surface area contributed by atoms with Crippen LogP contribution >= 0.6 is 0 Å². The number of hydrogen-bond acceptors (Lipinski definition) is 2. The second-order valence-electron chi connectivity index (χ2n) is 4.57. The molecule has 84 valence electrons. The Balaban J connectivity index is 3.23. The molecule has 1 N–H and O–H groups in total. The van der Waals surface area contributed by atoms with E-state index in [4.69, 9.17) is 0 Å². The molecule has 0 saturated heterocycles. The van der Waals surface area contributed by atoms with E-state index in [0.29, 0.717) is 4.90 Å². The minimum absolute atomic E-state index is 0.364. The third-order valence-electron chi connectivity index (χ3n) is 1.73. The summed E-state index contributed by atoms with van der Waals surface area (Å²) in [6.07, 6.45) is 0. The van der Waals surface area contributed by atoms with E-state index in [9.17, 15) is 8.76 Å². The molecular weight excluding hydrogens is 210 g/mol. The molecule has 0 heterocycles. The SMILES string of the molecule is Cc1ccc(S(=O)(O)=NC(C)(C)C)cc1. The Bertz CT molecular complexity index is 448. The Morgan fingerprint density at radius 2 is 1.67 bits per heavy atom. The van der Waals surface area contributed by atoms with Crippen LogP contribution in [0.25, 0.3) is 0 Å². The van der Waals surface area contributed by atoms with Gasteiger partial charge in [-0.15, -0.1) is 0 Å². The predicted molar refractivity (Wildman–Crippen MR) is 62.4 cm³/mol. The van der Waals surface area contributed by atoms with Crippen molar-refractivity contribution in [1.82, 2.24) is 0 Å². The number of aryl methyl sites for hydroxylation is 1. The maximum absolute atomic E-state index is 11.9. The van der Waals surface area contributed by atoms with Crippen molar-refractivity contribution in [3.05, 3.63) is 29.8 Å². The first kappa shape index (κ1) is 12.2. The van der Waals surface area contributed by atoms with Gasteiger partial charge in [0.25, 0.3) is 0 Å². The summed E-state index contributed by atoms with van der Waals surface area (Å²) in [6, 6.07) is 6.91. The molecule has 0 aliphatic heterocycles. The molecule has 3 nitrogen and oxygen atoms in total. The van der Waals surface area contributed by atoms with E-state index < -0.39 is 15.5 Å². The largest absolute Gasteiger partial charge is 0.297 e. The zero-order chi connectivity index (χ0) is 11.7. The first-order chi connectivity index (χ1) is 6.71. The molecule has 0 amide bonds. The van der Waals surface area contributed by atoms with Gasteiger partial charge in [0.1, 0.15) is 0 Å². The molecule has 0 aliphatic rings. The van der Waals surface area contributed by atoms with Gasteiger partial charge in [0.05, 0.1) is 10.4 Å². The van der Waals surface area contributed by atoms with Crippen LogP contribution in [0, 0.1) is 6.92 Å². The molecular formula is C11H17NO2S. The number of hydrogen-bond donors (Lipinski definition) is 1. The van der Waals surface area contributed by atoms with E-state index in [2.05, 4.69) is 4.36 Å². The molecule has 0 spiro atoms. The first-order valence-electron chi connectivity index (χ1n) is 4.78. The molecule has 0 fully saturated rings. The summed E-state index contributed by atoms with van der Waals surface area (Å²) >= 11 is 0. The van der Waals surface area contributed by atoms with Gasteiger partial charge in [-0.2, -0.15) is 0 Å². The first-order valence-corrected chi connectivity index (χ1v) is 6.25. The highest BCUT2D eigenvalue weighted by molar-refractivity contribution is 7.88. The van der Waals surface area contributed by atoms with Crippen molar-refractivity contribution in [2.45, 2.75) is 38.1 Å². The van der Waals surface area contributed by atoms with Crippen LogP contribution in [0.4, 0.5) is 0 Å². The van der Waals surface area contributed by atoms with Crippen molar-refractivity contribution < 1.29 is 8.76 Å². The molecule has 1 aromatic rings. The predicted octanol–water partition coefficient (Wildman–Crippen LogP) is 3.09. The number of rotatable bonds is 1. The lowest BCUT2D eigenvalue weighted by Gasteiger charge is -2.14. The van der Waals surface area contributed by atoms with Gasteiger partial charge in [-0.25, -0.2) is 8.57 Å². The van der Waals surface area contributed by atoms with Gasteiger partial charge in [-0.3, -0.25) is 4.55 Å². The number of benzene rings is 1. The van der Waals surface area contributed by atoms with Gasteiger partial charge < -0.3 is 0 Å². The van der Waals surface area contributed by atoms with E-state index in [1.54, 1.807) is 32.9 Å². The second-order valence-corrected chi connectivity index (χ2v) is 6.22. The maximum atomic E-state index is 11.9. The minimum atomic E-state index is -3.26. The van der Waals surface area contributed by atoms with E-state index in [1.165, 1.54) is 0 Å². The highest BCUT2D eigenvalue weighted by Gasteiger charge is 2.15. The quantitative estimate of drug-likeness (QED) is 0.801. The molecule has 0 bridgehead atoms. The molecule has 1 rings (SSSR count). The van der Waals surface area contributed by atoms with Crippen LogP contribution < -0.4 is 0 Å². The topological polar surface area (TPSA) is 49.7 Å². The molecule has 15 heavy (non-hydrogen) atoms. The van der Waals surface area contributed by atoms with Crippen molar-refractivity contribution in [3.8, 4) is 0 Å². The van der Waals surface area contributed by atoms with E-state index in [1.807, 2.05) is 19.1 Å². The fourth-order valence-corrected chi connectivity index (χ4v) is 2.48. The van der Waals surface area contributed by atoms with Gasteiger partial charge in [-0.1, -0.05) is 17.7 Å². The third kappa shape index (κ3) is 3.64. The van der Waals surface area contributed by atoms with Gasteiger partial charge in [0.2, 0.25) is 0 Å².